The fourth-order valence-electron chi connectivity index (χ4n) is 4.77. The van der Waals surface area contributed by atoms with Crippen molar-refractivity contribution in [2.45, 2.75) is 77.2 Å². The molecule has 1 heterocycles. The first-order valence-electron chi connectivity index (χ1n) is 10.2. The maximum atomic E-state index is 12.0. The molecule has 0 bridgehead atoms. The van der Waals surface area contributed by atoms with E-state index >= 15 is 0 Å². The van der Waals surface area contributed by atoms with Crippen LogP contribution in [-0.2, 0) is 6.42 Å². The SMILES string of the molecule is C#CCCCCCc1cc2c(c(O)c1C(=O)O)C1C=C(C)CCC1C(C)(C)O2. The smallest absolute Gasteiger partial charge is 0.339 e. The first-order chi connectivity index (χ1) is 13.3. The van der Waals surface area contributed by atoms with Crippen LogP contribution >= 0.6 is 0 Å². The number of terminal acetylenes is 1. The number of allylic oxidation sites excluding steroid dienone is 2. The van der Waals surface area contributed by atoms with Crippen molar-refractivity contribution in [1.82, 2.24) is 0 Å². The number of aryl methyl sites for hydroxylation is 1. The summed E-state index contributed by atoms with van der Waals surface area (Å²) in [6.07, 6.45) is 13.4. The summed E-state index contributed by atoms with van der Waals surface area (Å²) in [5.74, 6) is 2.23. The lowest BCUT2D eigenvalue weighted by atomic mass is 9.67. The van der Waals surface area contributed by atoms with Crippen molar-refractivity contribution >= 4 is 5.97 Å². The Morgan fingerprint density at radius 1 is 1.36 bits per heavy atom. The second kappa shape index (κ2) is 7.91. The first kappa shape index (κ1) is 20.3. The normalized spacial score (nSPS) is 22.3. The summed E-state index contributed by atoms with van der Waals surface area (Å²) in [5, 5.41) is 20.8. The molecule has 2 unspecified atom stereocenters. The monoisotopic (exact) mass is 382 g/mol. The van der Waals surface area contributed by atoms with E-state index in [1.165, 1.54) is 5.57 Å². The van der Waals surface area contributed by atoms with Crippen molar-refractivity contribution in [3.63, 3.8) is 0 Å². The molecule has 3 rings (SSSR count). The zero-order valence-corrected chi connectivity index (χ0v) is 17.0. The summed E-state index contributed by atoms with van der Waals surface area (Å²) < 4.78 is 6.32. The minimum atomic E-state index is -1.09. The number of rotatable bonds is 6. The summed E-state index contributed by atoms with van der Waals surface area (Å²) in [6.45, 7) is 6.27. The lowest BCUT2D eigenvalue weighted by molar-refractivity contribution is 0.0106. The number of aromatic hydroxyl groups is 1. The van der Waals surface area contributed by atoms with E-state index in [9.17, 15) is 15.0 Å². The van der Waals surface area contributed by atoms with Gasteiger partial charge in [-0.15, -0.1) is 12.3 Å². The molecule has 150 valence electrons. The highest BCUT2D eigenvalue weighted by Crippen LogP contribution is 2.54. The van der Waals surface area contributed by atoms with Crippen LogP contribution in [0.4, 0.5) is 0 Å². The Morgan fingerprint density at radius 2 is 2.11 bits per heavy atom. The number of benzene rings is 1. The number of carboxylic acid groups (broad SMARTS) is 1. The second-order valence-electron chi connectivity index (χ2n) is 8.63. The Labute approximate surface area is 167 Å². The number of ether oxygens (including phenoxy) is 1. The van der Waals surface area contributed by atoms with Gasteiger partial charge in [0.1, 0.15) is 22.7 Å². The molecule has 1 aromatic carbocycles. The van der Waals surface area contributed by atoms with Crippen LogP contribution in [0.25, 0.3) is 0 Å². The molecule has 0 amide bonds. The van der Waals surface area contributed by atoms with Gasteiger partial charge in [0.25, 0.3) is 0 Å². The van der Waals surface area contributed by atoms with Gasteiger partial charge in [-0.05, 0) is 64.5 Å². The number of hydrogen-bond donors (Lipinski definition) is 2. The van der Waals surface area contributed by atoms with E-state index in [4.69, 9.17) is 11.2 Å². The third kappa shape index (κ3) is 3.76. The third-order valence-corrected chi connectivity index (χ3v) is 6.21. The largest absolute Gasteiger partial charge is 0.507 e. The Kier molecular flexibility index (Phi) is 5.74. The van der Waals surface area contributed by atoms with Gasteiger partial charge in [0.2, 0.25) is 0 Å². The van der Waals surface area contributed by atoms with Crippen molar-refractivity contribution in [2.24, 2.45) is 5.92 Å². The number of carbonyl (C=O) groups is 1. The first-order valence-corrected chi connectivity index (χ1v) is 10.2. The molecule has 0 fully saturated rings. The Morgan fingerprint density at radius 3 is 2.79 bits per heavy atom. The molecule has 0 saturated heterocycles. The predicted octanol–water partition coefficient (Wildman–Crippen LogP) is 5.44. The Hall–Kier alpha value is -2.41. The second-order valence-corrected chi connectivity index (χ2v) is 8.63. The van der Waals surface area contributed by atoms with Crippen molar-refractivity contribution in [3.8, 4) is 23.8 Å². The summed E-state index contributed by atoms with van der Waals surface area (Å²) in [4.78, 5) is 12.0. The number of aromatic carboxylic acids is 1. The molecule has 28 heavy (non-hydrogen) atoms. The van der Waals surface area contributed by atoms with Crippen LogP contribution in [0.3, 0.4) is 0 Å². The van der Waals surface area contributed by atoms with Crippen LogP contribution in [-0.4, -0.2) is 21.8 Å². The standard InChI is InChI=1S/C24H30O4/c1-5-6-7-8-9-10-16-14-19-21(22(25)20(16)23(26)27)17-13-15(2)11-12-18(17)24(3,4)28-19/h1,13-14,17-18,25H,6-12H2,2-4H3,(H,26,27). The number of unbranched alkanes of at least 4 members (excludes halogenated alkanes) is 3. The molecular formula is C24H30O4. The summed E-state index contributed by atoms with van der Waals surface area (Å²) in [7, 11) is 0. The topological polar surface area (TPSA) is 66.8 Å². The van der Waals surface area contributed by atoms with E-state index in [-0.39, 0.29) is 28.7 Å². The van der Waals surface area contributed by atoms with Gasteiger partial charge in [0, 0.05) is 23.8 Å². The minimum absolute atomic E-state index is 0.0183. The lowest BCUT2D eigenvalue weighted by Crippen LogP contribution is -2.45. The average molecular weight is 383 g/mol. The lowest BCUT2D eigenvalue weighted by Gasteiger charge is -2.46. The average Bonchev–Trinajstić information content (AvgIpc) is 2.60. The summed E-state index contributed by atoms with van der Waals surface area (Å²) in [6, 6.07) is 1.84. The van der Waals surface area contributed by atoms with Crippen LogP contribution < -0.4 is 4.74 Å². The van der Waals surface area contributed by atoms with Crippen LogP contribution in [0.15, 0.2) is 17.7 Å². The molecule has 1 aliphatic heterocycles. The van der Waals surface area contributed by atoms with Gasteiger partial charge >= 0.3 is 5.97 Å². The highest BCUT2D eigenvalue weighted by molar-refractivity contribution is 5.94. The van der Waals surface area contributed by atoms with Gasteiger partial charge in [-0.2, -0.15) is 0 Å². The van der Waals surface area contributed by atoms with Gasteiger partial charge in [0.05, 0.1) is 0 Å². The van der Waals surface area contributed by atoms with E-state index < -0.39 is 5.97 Å². The molecule has 0 radical (unpaired) electrons. The molecule has 0 saturated carbocycles. The van der Waals surface area contributed by atoms with Gasteiger partial charge < -0.3 is 14.9 Å². The number of fused-ring (bicyclic) bond motifs is 3. The van der Waals surface area contributed by atoms with E-state index in [1.807, 2.05) is 6.07 Å². The Bertz CT molecular complexity index is 841. The molecule has 2 aliphatic rings. The third-order valence-electron chi connectivity index (χ3n) is 6.21. The zero-order chi connectivity index (χ0) is 20.5. The minimum Gasteiger partial charge on any atom is -0.507 e. The Balaban J connectivity index is 2.03. The van der Waals surface area contributed by atoms with E-state index in [0.29, 0.717) is 23.3 Å². The van der Waals surface area contributed by atoms with Crippen LogP contribution in [0.1, 0.15) is 86.7 Å². The number of carboxylic acids is 1. The maximum Gasteiger partial charge on any atom is 0.339 e. The van der Waals surface area contributed by atoms with Gasteiger partial charge in [-0.3, -0.25) is 0 Å². The van der Waals surface area contributed by atoms with Gasteiger partial charge in [-0.1, -0.05) is 18.1 Å². The molecule has 0 spiro atoms. The van der Waals surface area contributed by atoms with E-state index in [2.05, 4.69) is 32.8 Å². The molecule has 4 nitrogen and oxygen atoms in total. The fraction of sp³-hybridized carbons (Fsp3) is 0.542. The van der Waals surface area contributed by atoms with Crippen molar-refractivity contribution < 1.29 is 19.7 Å². The maximum absolute atomic E-state index is 12.0. The van der Waals surface area contributed by atoms with Crippen molar-refractivity contribution in [2.75, 3.05) is 0 Å². The quantitative estimate of drug-likeness (QED) is 0.391. The van der Waals surface area contributed by atoms with E-state index in [0.717, 1.165) is 38.5 Å². The molecule has 1 aromatic rings. The molecule has 2 N–H and O–H groups in total. The molecular weight excluding hydrogens is 352 g/mol. The molecule has 2 atom stereocenters. The predicted molar refractivity (Wildman–Crippen MR) is 110 cm³/mol. The highest BCUT2D eigenvalue weighted by atomic mass is 16.5. The van der Waals surface area contributed by atoms with Crippen LogP contribution in [0.2, 0.25) is 0 Å². The number of phenols is 1. The molecule has 1 aliphatic carbocycles. The van der Waals surface area contributed by atoms with Gasteiger partial charge in [-0.25, -0.2) is 4.79 Å². The van der Waals surface area contributed by atoms with Crippen LogP contribution in [0.5, 0.6) is 11.5 Å². The zero-order valence-electron chi connectivity index (χ0n) is 17.0. The fourth-order valence-corrected chi connectivity index (χ4v) is 4.77. The van der Waals surface area contributed by atoms with E-state index in [1.54, 1.807) is 0 Å². The molecule has 4 heteroatoms. The summed E-state index contributed by atoms with van der Waals surface area (Å²) >= 11 is 0. The highest BCUT2D eigenvalue weighted by Gasteiger charge is 2.46. The molecule has 0 aromatic heterocycles. The number of hydrogen-bond acceptors (Lipinski definition) is 3. The van der Waals surface area contributed by atoms with Gasteiger partial charge in [0.15, 0.2) is 0 Å². The van der Waals surface area contributed by atoms with Crippen LogP contribution in [0, 0.1) is 18.3 Å². The van der Waals surface area contributed by atoms with Crippen molar-refractivity contribution in [3.05, 3.63) is 34.4 Å². The van der Waals surface area contributed by atoms with Crippen molar-refractivity contribution in [1.29, 1.82) is 0 Å². The summed E-state index contributed by atoms with van der Waals surface area (Å²) in [5.41, 5.74) is 2.20.